The van der Waals surface area contributed by atoms with Crippen LogP contribution in [0.5, 0.6) is 0 Å². The Morgan fingerprint density at radius 2 is 1.61 bits per heavy atom. The Hall–Kier alpha value is -2.77. The molecule has 0 heterocycles. The maximum Gasteiger partial charge on any atom is 0.326 e. The van der Waals surface area contributed by atoms with E-state index in [0.717, 1.165) is 0 Å². The summed E-state index contributed by atoms with van der Waals surface area (Å²) in [5, 5.41) is 24.5. The summed E-state index contributed by atoms with van der Waals surface area (Å²) < 4.78 is 0. The Morgan fingerprint density at radius 1 is 0.964 bits per heavy atom. The van der Waals surface area contributed by atoms with E-state index in [1.54, 1.807) is 0 Å². The summed E-state index contributed by atoms with van der Waals surface area (Å²) in [7, 11) is 0. The highest BCUT2D eigenvalue weighted by Crippen LogP contribution is 2.02. The van der Waals surface area contributed by atoms with Gasteiger partial charge in [0.25, 0.3) is 0 Å². The lowest BCUT2D eigenvalue weighted by Gasteiger charge is -2.21. The Morgan fingerprint density at radius 3 is 2.11 bits per heavy atom. The maximum absolute atomic E-state index is 12.3. The first-order valence-electron chi connectivity index (χ1n) is 8.57. The van der Waals surface area contributed by atoms with Crippen molar-refractivity contribution in [2.75, 3.05) is 19.7 Å². The van der Waals surface area contributed by atoms with Crippen LogP contribution in [-0.2, 0) is 24.0 Å². The van der Waals surface area contributed by atoms with Crippen LogP contribution in [0.4, 0.5) is 0 Å². The van der Waals surface area contributed by atoms with Gasteiger partial charge < -0.3 is 43.4 Å². The van der Waals surface area contributed by atoms with Crippen molar-refractivity contribution in [3.05, 3.63) is 0 Å². The number of carboxylic acid groups (broad SMARTS) is 1. The number of hydrogen-bond acceptors (Lipinski definition) is 8. The first kappa shape index (κ1) is 25.2. The molecule has 0 radical (unpaired) electrons. The number of aliphatic hydroxyl groups is 1. The molecular weight excluding hydrogens is 376 g/mol. The fourth-order valence-electron chi connectivity index (χ4n) is 2.06. The number of carbonyl (C=O) groups is 5. The van der Waals surface area contributed by atoms with Crippen LogP contribution in [0, 0.1) is 0 Å². The van der Waals surface area contributed by atoms with Gasteiger partial charge in [-0.3, -0.25) is 19.2 Å². The average molecular weight is 404 g/mol. The molecule has 11 N–H and O–H groups in total. The van der Waals surface area contributed by atoms with Gasteiger partial charge in [-0.25, -0.2) is 4.79 Å². The fourth-order valence-corrected chi connectivity index (χ4v) is 2.06. The Kier molecular flexibility index (Phi) is 12.1. The smallest absolute Gasteiger partial charge is 0.326 e. The van der Waals surface area contributed by atoms with E-state index in [1.807, 2.05) is 0 Å². The average Bonchev–Trinajstić information content (AvgIpc) is 2.63. The number of nitrogens with two attached hydrogens (primary N) is 3. The molecule has 13 heteroatoms. The molecule has 0 rings (SSSR count). The SMILES string of the molecule is NCCCCC(NC(=O)C(CC(N)=O)NC(=O)CNC(=O)C(N)CO)C(=O)O. The first-order valence-corrected chi connectivity index (χ1v) is 8.57. The molecule has 0 aliphatic heterocycles. The summed E-state index contributed by atoms with van der Waals surface area (Å²) in [6.45, 7) is -0.832. The highest BCUT2D eigenvalue weighted by molar-refractivity contribution is 5.94. The van der Waals surface area contributed by atoms with Crippen molar-refractivity contribution >= 4 is 29.6 Å². The molecule has 0 bridgehead atoms. The van der Waals surface area contributed by atoms with Gasteiger partial charge in [0, 0.05) is 0 Å². The van der Waals surface area contributed by atoms with Gasteiger partial charge in [0.2, 0.25) is 23.6 Å². The molecule has 0 aromatic carbocycles. The predicted molar refractivity (Wildman–Crippen MR) is 96.3 cm³/mol. The Balaban J connectivity index is 4.87. The third-order valence-electron chi connectivity index (χ3n) is 3.58. The number of carbonyl (C=O) groups excluding carboxylic acids is 4. The maximum atomic E-state index is 12.3. The van der Waals surface area contributed by atoms with Gasteiger partial charge in [0.1, 0.15) is 18.1 Å². The lowest BCUT2D eigenvalue weighted by Crippen LogP contribution is -2.54. The van der Waals surface area contributed by atoms with E-state index in [9.17, 15) is 29.1 Å². The summed E-state index contributed by atoms with van der Waals surface area (Å²) in [6, 6.07) is -3.87. The topological polar surface area (TPSA) is 240 Å². The molecule has 0 saturated carbocycles. The van der Waals surface area contributed by atoms with Crippen LogP contribution in [0.15, 0.2) is 0 Å². The largest absolute Gasteiger partial charge is 0.480 e. The van der Waals surface area contributed by atoms with Gasteiger partial charge in [-0.05, 0) is 25.8 Å². The number of primary amides is 1. The van der Waals surface area contributed by atoms with E-state index >= 15 is 0 Å². The summed E-state index contributed by atoms with van der Waals surface area (Å²) in [5.74, 6) is -4.72. The summed E-state index contributed by atoms with van der Waals surface area (Å²) >= 11 is 0. The molecule has 0 aliphatic carbocycles. The van der Waals surface area contributed by atoms with Crippen molar-refractivity contribution in [1.82, 2.24) is 16.0 Å². The first-order chi connectivity index (χ1) is 13.1. The van der Waals surface area contributed by atoms with Gasteiger partial charge in [-0.2, -0.15) is 0 Å². The van der Waals surface area contributed by atoms with Gasteiger partial charge in [0.15, 0.2) is 0 Å². The highest BCUT2D eigenvalue weighted by Gasteiger charge is 2.27. The minimum atomic E-state index is -1.43. The number of carboxylic acids is 1. The van der Waals surface area contributed by atoms with Crippen molar-refractivity contribution < 1.29 is 34.2 Å². The predicted octanol–water partition coefficient (Wildman–Crippen LogP) is -4.52. The molecule has 0 fully saturated rings. The fraction of sp³-hybridized carbons (Fsp3) is 0.667. The number of rotatable bonds is 14. The van der Waals surface area contributed by atoms with Gasteiger partial charge in [-0.1, -0.05) is 0 Å². The monoisotopic (exact) mass is 404 g/mol. The van der Waals surface area contributed by atoms with Crippen molar-refractivity contribution in [1.29, 1.82) is 0 Å². The van der Waals surface area contributed by atoms with Crippen molar-refractivity contribution in [3.8, 4) is 0 Å². The molecule has 0 saturated heterocycles. The molecule has 0 spiro atoms. The van der Waals surface area contributed by atoms with E-state index in [2.05, 4.69) is 16.0 Å². The quantitative estimate of drug-likeness (QED) is 0.130. The lowest BCUT2D eigenvalue weighted by atomic mass is 10.1. The van der Waals surface area contributed by atoms with Gasteiger partial charge in [0.05, 0.1) is 19.6 Å². The standard InChI is InChI=1S/C15H28N6O7/c16-4-2-1-3-9(15(27)28)21-14(26)10(5-11(18)23)20-12(24)6-19-13(25)8(17)7-22/h8-10,22H,1-7,16-17H2,(H2,18,23)(H,19,25)(H,20,24)(H,21,26)(H,27,28). The second-order valence-electron chi connectivity index (χ2n) is 5.98. The van der Waals surface area contributed by atoms with Crippen molar-refractivity contribution in [3.63, 3.8) is 0 Å². The third-order valence-corrected chi connectivity index (χ3v) is 3.58. The molecular formula is C15H28N6O7. The molecule has 28 heavy (non-hydrogen) atoms. The Bertz CT molecular complexity index is 571. The van der Waals surface area contributed by atoms with Crippen molar-refractivity contribution in [2.45, 2.75) is 43.8 Å². The van der Waals surface area contributed by atoms with Gasteiger partial charge >= 0.3 is 5.97 Å². The summed E-state index contributed by atoms with van der Waals surface area (Å²) in [4.78, 5) is 58.0. The molecule has 0 aliphatic rings. The number of amides is 4. The minimum Gasteiger partial charge on any atom is -0.480 e. The number of nitrogens with one attached hydrogen (secondary N) is 3. The number of hydrogen-bond donors (Lipinski definition) is 8. The number of unbranched alkanes of at least 4 members (excludes halogenated alkanes) is 1. The van der Waals surface area contributed by atoms with Gasteiger partial charge in [-0.15, -0.1) is 0 Å². The molecule has 4 amide bonds. The molecule has 3 unspecified atom stereocenters. The zero-order valence-electron chi connectivity index (χ0n) is 15.3. The van der Waals surface area contributed by atoms with Crippen LogP contribution in [0.2, 0.25) is 0 Å². The van der Waals surface area contributed by atoms with E-state index in [1.165, 1.54) is 0 Å². The third kappa shape index (κ3) is 10.4. The van der Waals surface area contributed by atoms with Crippen LogP contribution in [0.3, 0.4) is 0 Å². The highest BCUT2D eigenvalue weighted by atomic mass is 16.4. The van der Waals surface area contributed by atoms with Crippen LogP contribution in [-0.4, -0.2) is 77.6 Å². The van der Waals surface area contributed by atoms with Crippen LogP contribution in [0.25, 0.3) is 0 Å². The van der Waals surface area contributed by atoms with Crippen LogP contribution < -0.4 is 33.2 Å². The number of aliphatic carboxylic acids is 1. The minimum absolute atomic E-state index is 0.116. The Labute approximate surface area is 161 Å². The van der Waals surface area contributed by atoms with Crippen molar-refractivity contribution in [2.24, 2.45) is 17.2 Å². The molecule has 160 valence electrons. The number of aliphatic hydroxyl groups excluding tert-OH is 1. The molecule has 0 aromatic heterocycles. The summed E-state index contributed by atoms with van der Waals surface area (Å²) in [6.07, 6.45) is 0.565. The zero-order chi connectivity index (χ0) is 21.7. The molecule has 3 atom stereocenters. The zero-order valence-corrected chi connectivity index (χ0v) is 15.3. The lowest BCUT2D eigenvalue weighted by molar-refractivity contribution is -0.142. The van der Waals surface area contributed by atoms with E-state index in [4.69, 9.17) is 22.3 Å². The second kappa shape index (κ2) is 13.4. The normalized spacial score (nSPS) is 13.7. The second-order valence-corrected chi connectivity index (χ2v) is 5.98. The molecule has 0 aromatic rings. The summed E-state index contributed by atoms with van der Waals surface area (Å²) in [5.41, 5.74) is 15.7. The van der Waals surface area contributed by atoms with E-state index < -0.39 is 67.3 Å². The van der Waals surface area contributed by atoms with Crippen LogP contribution >= 0.6 is 0 Å². The molecule has 13 nitrogen and oxygen atoms in total. The van der Waals surface area contributed by atoms with Crippen LogP contribution in [0.1, 0.15) is 25.7 Å². The van der Waals surface area contributed by atoms with E-state index in [-0.39, 0.29) is 6.42 Å². The van der Waals surface area contributed by atoms with E-state index in [0.29, 0.717) is 19.4 Å².